The van der Waals surface area contributed by atoms with Gasteiger partial charge in [-0.15, -0.1) is 0 Å². The van der Waals surface area contributed by atoms with Gasteiger partial charge in [-0.05, 0) is 63.7 Å². The standard InChI is InChI=1S/C16H23N3O/c1-19(15-7-9-18-10-8-15)11-2-12-20-16-5-3-14(13-17)4-6-16/h3-6,15,18H,2,7-12H2,1H3. The van der Waals surface area contributed by atoms with E-state index in [1.807, 2.05) is 12.1 Å². The predicted molar refractivity (Wildman–Crippen MR) is 79.8 cm³/mol. The quantitative estimate of drug-likeness (QED) is 0.806. The Hall–Kier alpha value is -1.57. The van der Waals surface area contributed by atoms with E-state index in [1.165, 1.54) is 12.8 Å². The van der Waals surface area contributed by atoms with Crippen molar-refractivity contribution in [3.05, 3.63) is 29.8 Å². The summed E-state index contributed by atoms with van der Waals surface area (Å²) < 4.78 is 5.69. The summed E-state index contributed by atoms with van der Waals surface area (Å²) in [5, 5.41) is 12.1. The van der Waals surface area contributed by atoms with Gasteiger partial charge in [-0.3, -0.25) is 0 Å². The molecule has 0 unspecified atom stereocenters. The van der Waals surface area contributed by atoms with Crippen LogP contribution in [0.4, 0.5) is 0 Å². The highest BCUT2D eigenvalue weighted by Crippen LogP contribution is 2.13. The number of ether oxygens (including phenoxy) is 1. The summed E-state index contributed by atoms with van der Waals surface area (Å²) in [6.07, 6.45) is 3.51. The molecule has 0 saturated carbocycles. The summed E-state index contributed by atoms with van der Waals surface area (Å²) in [5.74, 6) is 0.841. The van der Waals surface area contributed by atoms with Crippen LogP contribution in [0.1, 0.15) is 24.8 Å². The Balaban J connectivity index is 1.64. The van der Waals surface area contributed by atoms with Gasteiger partial charge in [0.1, 0.15) is 5.75 Å². The largest absolute Gasteiger partial charge is 0.494 e. The summed E-state index contributed by atoms with van der Waals surface area (Å²) in [4.78, 5) is 2.45. The van der Waals surface area contributed by atoms with E-state index in [2.05, 4.69) is 23.3 Å². The molecule has 0 aliphatic carbocycles. The van der Waals surface area contributed by atoms with Crippen LogP contribution in [0, 0.1) is 11.3 Å². The maximum Gasteiger partial charge on any atom is 0.119 e. The molecule has 108 valence electrons. The number of nitrogens with zero attached hydrogens (tertiary/aromatic N) is 2. The van der Waals surface area contributed by atoms with Crippen molar-refractivity contribution in [1.29, 1.82) is 5.26 Å². The number of hydrogen-bond donors (Lipinski definition) is 1. The molecule has 1 heterocycles. The monoisotopic (exact) mass is 273 g/mol. The summed E-state index contributed by atoms with van der Waals surface area (Å²) in [7, 11) is 2.21. The fourth-order valence-electron chi connectivity index (χ4n) is 2.56. The van der Waals surface area contributed by atoms with Crippen LogP contribution in [0.25, 0.3) is 0 Å². The lowest BCUT2D eigenvalue weighted by Gasteiger charge is -2.31. The minimum absolute atomic E-state index is 0.669. The smallest absolute Gasteiger partial charge is 0.119 e. The van der Waals surface area contributed by atoms with Gasteiger partial charge in [0.05, 0.1) is 18.2 Å². The molecule has 20 heavy (non-hydrogen) atoms. The Morgan fingerprint density at radius 3 is 2.65 bits per heavy atom. The van der Waals surface area contributed by atoms with E-state index in [4.69, 9.17) is 10.00 Å². The van der Waals surface area contributed by atoms with Crippen LogP contribution in [0.2, 0.25) is 0 Å². The van der Waals surface area contributed by atoms with Gasteiger partial charge in [0.2, 0.25) is 0 Å². The van der Waals surface area contributed by atoms with Gasteiger partial charge in [0.25, 0.3) is 0 Å². The fraction of sp³-hybridized carbons (Fsp3) is 0.562. The molecule has 0 atom stereocenters. The number of piperidine rings is 1. The molecule has 1 aromatic rings. The van der Waals surface area contributed by atoms with E-state index >= 15 is 0 Å². The summed E-state index contributed by atoms with van der Waals surface area (Å²) in [6.45, 7) is 4.07. The average molecular weight is 273 g/mol. The van der Waals surface area contributed by atoms with Gasteiger partial charge >= 0.3 is 0 Å². The van der Waals surface area contributed by atoms with Gasteiger partial charge in [0, 0.05) is 12.6 Å². The minimum Gasteiger partial charge on any atom is -0.494 e. The average Bonchev–Trinajstić information content (AvgIpc) is 2.53. The second kappa shape index (κ2) is 7.88. The number of nitriles is 1. The Labute approximate surface area is 121 Å². The lowest BCUT2D eigenvalue weighted by molar-refractivity contribution is 0.183. The lowest BCUT2D eigenvalue weighted by atomic mass is 10.1. The first-order chi connectivity index (χ1) is 9.79. The van der Waals surface area contributed by atoms with Gasteiger partial charge in [-0.25, -0.2) is 0 Å². The van der Waals surface area contributed by atoms with Crippen molar-refractivity contribution >= 4 is 0 Å². The highest BCUT2D eigenvalue weighted by atomic mass is 16.5. The zero-order valence-corrected chi connectivity index (χ0v) is 12.1. The third kappa shape index (κ3) is 4.52. The molecule has 1 N–H and O–H groups in total. The number of benzene rings is 1. The first kappa shape index (κ1) is 14.8. The van der Waals surface area contributed by atoms with E-state index in [0.29, 0.717) is 11.6 Å². The molecule has 0 spiro atoms. The van der Waals surface area contributed by atoms with Crippen LogP contribution in [-0.4, -0.2) is 44.2 Å². The second-order valence-electron chi connectivity index (χ2n) is 5.30. The predicted octanol–water partition coefficient (Wildman–Crippen LogP) is 2.01. The van der Waals surface area contributed by atoms with Crippen molar-refractivity contribution in [1.82, 2.24) is 10.2 Å². The molecule has 1 aliphatic rings. The number of rotatable bonds is 6. The fourth-order valence-corrected chi connectivity index (χ4v) is 2.56. The third-order valence-corrected chi connectivity index (χ3v) is 3.84. The van der Waals surface area contributed by atoms with Crippen LogP contribution in [-0.2, 0) is 0 Å². The van der Waals surface area contributed by atoms with Crippen LogP contribution in [0.15, 0.2) is 24.3 Å². The molecule has 1 aromatic carbocycles. The van der Waals surface area contributed by atoms with Crippen molar-refractivity contribution < 1.29 is 4.74 Å². The van der Waals surface area contributed by atoms with Crippen LogP contribution in [0.3, 0.4) is 0 Å². The second-order valence-corrected chi connectivity index (χ2v) is 5.30. The molecule has 0 amide bonds. The molecule has 0 bridgehead atoms. The molecule has 4 nitrogen and oxygen atoms in total. The number of hydrogen-bond acceptors (Lipinski definition) is 4. The summed E-state index contributed by atoms with van der Waals surface area (Å²) in [5.41, 5.74) is 0.669. The maximum absolute atomic E-state index is 8.73. The van der Waals surface area contributed by atoms with E-state index < -0.39 is 0 Å². The van der Waals surface area contributed by atoms with E-state index in [0.717, 1.165) is 38.4 Å². The molecule has 1 aliphatic heterocycles. The molecular formula is C16H23N3O. The lowest BCUT2D eigenvalue weighted by Crippen LogP contribution is -2.41. The highest BCUT2D eigenvalue weighted by Gasteiger charge is 2.16. The third-order valence-electron chi connectivity index (χ3n) is 3.84. The van der Waals surface area contributed by atoms with Gasteiger partial charge in [-0.2, -0.15) is 5.26 Å². The SMILES string of the molecule is CN(CCCOc1ccc(C#N)cc1)C1CCNCC1. The zero-order chi connectivity index (χ0) is 14.2. The topological polar surface area (TPSA) is 48.3 Å². The maximum atomic E-state index is 8.73. The van der Waals surface area contributed by atoms with Crippen molar-refractivity contribution in [3.63, 3.8) is 0 Å². The van der Waals surface area contributed by atoms with Crippen molar-refractivity contribution in [2.24, 2.45) is 0 Å². The van der Waals surface area contributed by atoms with Gasteiger partial charge < -0.3 is 15.0 Å². The normalized spacial score (nSPS) is 16.1. The first-order valence-corrected chi connectivity index (χ1v) is 7.33. The Morgan fingerprint density at radius 1 is 1.30 bits per heavy atom. The molecule has 4 heteroatoms. The molecule has 1 fully saturated rings. The Kier molecular flexibility index (Phi) is 5.85. The minimum atomic E-state index is 0.669. The molecule has 1 saturated heterocycles. The van der Waals surface area contributed by atoms with Crippen molar-refractivity contribution in [2.45, 2.75) is 25.3 Å². The van der Waals surface area contributed by atoms with Crippen LogP contribution in [0.5, 0.6) is 5.75 Å². The molecular weight excluding hydrogens is 250 g/mol. The zero-order valence-electron chi connectivity index (χ0n) is 12.1. The Morgan fingerprint density at radius 2 is 2.00 bits per heavy atom. The first-order valence-electron chi connectivity index (χ1n) is 7.33. The molecule has 0 aromatic heterocycles. The van der Waals surface area contributed by atoms with E-state index in [9.17, 15) is 0 Å². The summed E-state index contributed by atoms with van der Waals surface area (Å²) in [6, 6.07) is 10.1. The van der Waals surface area contributed by atoms with Crippen molar-refractivity contribution in [3.8, 4) is 11.8 Å². The van der Waals surface area contributed by atoms with Gasteiger partial charge in [0.15, 0.2) is 0 Å². The summed E-state index contributed by atoms with van der Waals surface area (Å²) >= 11 is 0. The van der Waals surface area contributed by atoms with Crippen LogP contribution >= 0.6 is 0 Å². The van der Waals surface area contributed by atoms with E-state index in [-0.39, 0.29) is 0 Å². The van der Waals surface area contributed by atoms with Crippen LogP contribution < -0.4 is 10.1 Å². The van der Waals surface area contributed by atoms with E-state index in [1.54, 1.807) is 12.1 Å². The van der Waals surface area contributed by atoms with Crippen molar-refractivity contribution in [2.75, 3.05) is 33.3 Å². The Bertz CT molecular complexity index is 432. The van der Waals surface area contributed by atoms with Gasteiger partial charge in [-0.1, -0.05) is 0 Å². The molecule has 0 radical (unpaired) electrons. The number of nitrogens with one attached hydrogen (secondary N) is 1. The molecule has 2 rings (SSSR count). The highest BCUT2D eigenvalue weighted by molar-refractivity contribution is 5.34.